The van der Waals surface area contributed by atoms with Crippen molar-refractivity contribution >= 4 is 25.8 Å². The van der Waals surface area contributed by atoms with Gasteiger partial charge in [0.2, 0.25) is 6.35 Å². The molecular weight excluding hydrogens is 413 g/mol. The van der Waals surface area contributed by atoms with Gasteiger partial charge >= 0.3 is 0 Å². The smallest absolute Gasteiger partial charge is 0.283 e. The number of aromatic nitrogens is 1. The Morgan fingerprint density at radius 3 is 2.23 bits per heavy atom. The normalized spacial score (nSPS) is 13.0. The number of rotatable bonds is 6. The van der Waals surface area contributed by atoms with Gasteiger partial charge in [-0.25, -0.2) is 0 Å². The van der Waals surface area contributed by atoms with E-state index in [0.29, 0.717) is 11.6 Å². The molecule has 3 aromatic carbocycles. The summed E-state index contributed by atoms with van der Waals surface area (Å²) in [5.41, 5.74) is 1.76. The van der Waals surface area contributed by atoms with E-state index in [1.54, 1.807) is 4.57 Å². The lowest BCUT2D eigenvalue weighted by atomic mass is 9.92. The van der Waals surface area contributed by atoms with Crippen LogP contribution in [-0.2, 0) is 5.66 Å². The molecule has 31 heavy (non-hydrogen) atoms. The summed E-state index contributed by atoms with van der Waals surface area (Å²) < 4.78 is 28.6. The van der Waals surface area contributed by atoms with E-state index in [2.05, 4.69) is 31.3 Å². The minimum atomic E-state index is -2.98. The summed E-state index contributed by atoms with van der Waals surface area (Å²) in [6.07, 6.45) is 0.876. The molecule has 0 saturated carbocycles. The molecule has 2 N–H and O–H groups in total. The second-order valence-electron chi connectivity index (χ2n) is 7.93. The Morgan fingerprint density at radius 2 is 1.55 bits per heavy atom. The zero-order valence-electron chi connectivity index (χ0n) is 17.4. The summed E-state index contributed by atoms with van der Waals surface area (Å²) in [5, 5.41) is 15.0. The number of anilines is 1. The standard InChI is InChI=1S/C25H25F2N2OP/c1-16(2)19-7-3-4-8-20(19)22-15-29(23-10-6-5-9-21(22)23)24(30)28-18-13-11-17(12-14-18)25(26,27)31/h3-16,24,28,30H,31H2,1-2H3. The van der Waals surface area contributed by atoms with E-state index in [1.807, 2.05) is 42.6 Å². The van der Waals surface area contributed by atoms with E-state index in [-0.39, 0.29) is 5.56 Å². The first-order valence-electron chi connectivity index (χ1n) is 10.2. The molecule has 0 amide bonds. The number of alkyl halides is 2. The van der Waals surface area contributed by atoms with E-state index in [1.165, 1.54) is 39.1 Å². The van der Waals surface area contributed by atoms with Crippen LogP contribution < -0.4 is 5.32 Å². The van der Waals surface area contributed by atoms with Crippen LogP contribution in [0.5, 0.6) is 0 Å². The number of hydrogen-bond donors (Lipinski definition) is 2. The molecule has 0 aliphatic carbocycles. The van der Waals surface area contributed by atoms with Gasteiger partial charge in [0.25, 0.3) is 5.66 Å². The molecule has 4 rings (SSSR count). The zero-order chi connectivity index (χ0) is 22.2. The molecule has 3 nitrogen and oxygen atoms in total. The van der Waals surface area contributed by atoms with Crippen LogP contribution in [0.15, 0.2) is 79.0 Å². The third kappa shape index (κ3) is 4.34. The Hall–Kier alpha value is -2.75. The highest BCUT2D eigenvalue weighted by Crippen LogP contribution is 2.37. The van der Waals surface area contributed by atoms with Crippen molar-refractivity contribution in [3.63, 3.8) is 0 Å². The monoisotopic (exact) mass is 438 g/mol. The molecule has 0 bridgehead atoms. The van der Waals surface area contributed by atoms with Crippen LogP contribution in [0.25, 0.3) is 22.0 Å². The van der Waals surface area contributed by atoms with E-state index in [9.17, 15) is 13.9 Å². The lowest BCUT2D eigenvalue weighted by molar-refractivity contribution is 0.104. The highest BCUT2D eigenvalue weighted by atomic mass is 31.0. The molecule has 4 aromatic rings. The predicted molar refractivity (Wildman–Crippen MR) is 126 cm³/mol. The van der Waals surface area contributed by atoms with Crippen molar-refractivity contribution in [2.24, 2.45) is 0 Å². The fraction of sp³-hybridized carbons (Fsp3) is 0.200. The van der Waals surface area contributed by atoms with E-state index in [0.717, 1.165) is 22.0 Å². The maximum absolute atomic E-state index is 13.4. The first-order chi connectivity index (χ1) is 14.8. The summed E-state index contributed by atoms with van der Waals surface area (Å²) >= 11 is 0. The maximum Gasteiger partial charge on any atom is 0.283 e. The van der Waals surface area contributed by atoms with Gasteiger partial charge in [0, 0.05) is 28.4 Å². The topological polar surface area (TPSA) is 37.2 Å². The number of nitrogens with zero attached hydrogens (tertiary/aromatic N) is 1. The van der Waals surface area contributed by atoms with Crippen LogP contribution in [0, 0.1) is 0 Å². The van der Waals surface area contributed by atoms with Crippen LogP contribution in [0.1, 0.15) is 37.2 Å². The average molecular weight is 438 g/mol. The van der Waals surface area contributed by atoms with Gasteiger partial charge in [-0.1, -0.05) is 77.7 Å². The van der Waals surface area contributed by atoms with Gasteiger partial charge in [-0.05, 0) is 35.2 Å². The molecule has 0 spiro atoms. The number of benzene rings is 3. The number of fused-ring (bicyclic) bond motifs is 1. The summed E-state index contributed by atoms with van der Waals surface area (Å²) in [4.78, 5) is 0. The Kier molecular flexibility index (Phi) is 5.83. The van der Waals surface area contributed by atoms with Crippen LogP contribution in [0.4, 0.5) is 14.5 Å². The van der Waals surface area contributed by atoms with Crippen molar-refractivity contribution in [2.45, 2.75) is 31.8 Å². The number of aliphatic hydroxyl groups excluding tert-OH is 1. The molecule has 0 radical (unpaired) electrons. The summed E-state index contributed by atoms with van der Waals surface area (Å²) in [6.45, 7) is 4.33. The van der Waals surface area contributed by atoms with Gasteiger partial charge in [-0.15, -0.1) is 0 Å². The Bertz CT molecular complexity index is 1200. The fourth-order valence-electron chi connectivity index (χ4n) is 3.87. The van der Waals surface area contributed by atoms with Gasteiger partial charge in [-0.3, -0.25) is 0 Å². The first-order valence-corrected chi connectivity index (χ1v) is 10.7. The van der Waals surface area contributed by atoms with Gasteiger partial charge in [0.1, 0.15) is 0 Å². The van der Waals surface area contributed by atoms with Crippen LogP contribution in [-0.4, -0.2) is 9.67 Å². The molecular formula is C25H25F2N2OP. The predicted octanol–water partition coefficient (Wildman–Crippen LogP) is 6.92. The van der Waals surface area contributed by atoms with Crippen molar-refractivity contribution in [1.82, 2.24) is 4.57 Å². The molecule has 2 unspecified atom stereocenters. The molecule has 1 heterocycles. The zero-order valence-corrected chi connectivity index (χ0v) is 18.5. The molecule has 0 aliphatic heterocycles. The number of hydrogen-bond acceptors (Lipinski definition) is 2. The fourth-order valence-corrected chi connectivity index (χ4v) is 4.07. The quantitative estimate of drug-likeness (QED) is 0.253. The first kappa shape index (κ1) is 21.5. The van der Waals surface area contributed by atoms with Gasteiger partial charge in [0.05, 0.1) is 5.52 Å². The molecule has 6 heteroatoms. The van der Waals surface area contributed by atoms with Gasteiger partial charge < -0.3 is 15.0 Å². The molecule has 2 atom stereocenters. The highest BCUT2D eigenvalue weighted by molar-refractivity contribution is 7.17. The van der Waals surface area contributed by atoms with Crippen molar-refractivity contribution in [3.8, 4) is 11.1 Å². The van der Waals surface area contributed by atoms with Crippen molar-refractivity contribution in [1.29, 1.82) is 0 Å². The summed E-state index contributed by atoms with van der Waals surface area (Å²) in [6, 6.07) is 22.0. The molecule has 160 valence electrons. The summed E-state index contributed by atoms with van der Waals surface area (Å²) in [5.74, 6) is 0.356. The molecule has 0 saturated heterocycles. The van der Waals surface area contributed by atoms with E-state index < -0.39 is 12.0 Å². The minimum absolute atomic E-state index is 0.100. The van der Waals surface area contributed by atoms with Crippen LogP contribution in [0.2, 0.25) is 0 Å². The second-order valence-corrected chi connectivity index (χ2v) is 8.65. The van der Waals surface area contributed by atoms with Crippen molar-refractivity contribution in [3.05, 3.63) is 90.1 Å². The number of para-hydroxylation sites is 1. The number of aliphatic hydroxyl groups is 1. The number of nitrogens with one attached hydrogen (secondary N) is 1. The molecule has 0 aliphatic rings. The number of halogens is 2. The second kappa shape index (κ2) is 8.41. The largest absolute Gasteiger partial charge is 0.356 e. The van der Waals surface area contributed by atoms with Crippen LogP contribution >= 0.6 is 9.24 Å². The lowest BCUT2D eigenvalue weighted by Crippen LogP contribution is -2.16. The van der Waals surface area contributed by atoms with Gasteiger partial charge in [0.15, 0.2) is 0 Å². The lowest BCUT2D eigenvalue weighted by Gasteiger charge is -2.18. The van der Waals surface area contributed by atoms with E-state index >= 15 is 0 Å². The average Bonchev–Trinajstić information content (AvgIpc) is 3.13. The maximum atomic E-state index is 13.4. The Morgan fingerprint density at radius 1 is 0.903 bits per heavy atom. The third-order valence-corrected chi connectivity index (χ3v) is 5.78. The highest BCUT2D eigenvalue weighted by Gasteiger charge is 2.24. The minimum Gasteiger partial charge on any atom is -0.356 e. The molecule has 0 fully saturated rings. The van der Waals surface area contributed by atoms with Crippen molar-refractivity contribution < 1.29 is 13.9 Å². The summed E-state index contributed by atoms with van der Waals surface area (Å²) in [7, 11) is 1.53. The van der Waals surface area contributed by atoms with Crippen LogP contribution in [0.3, 0.4) is 0 Å². The molecule has 1 aromatic heterocycles. The van der Waals surface area contributed by atoms with E-state index in [4.69, 9.17) is 0 Å². The van der Waals surface area contributed by atoms with Gasteiger partial charge in [-0.2, -0.15) is 8.78 Å². The third-order valence-electron chi connectivity index (χ3n) is 5.44. The SMILES string of the molecule is CC(C)c1ccccc1-c1cn(C(O)Nc2ccc(C(F)(F)P)cc2)c2ccccc12. The van der Waals surface area contributed by atoms with Crippen molar-refractivity contribution in [2.75, 3.05) is 5.32 Å². The Labute approximate surface area is 182 Å². The Balaban J connectivity index is 1.72.